The molecule has 0 aliphatic heterocycles. The molecular weight excluding hydrogens is 346 g/mol. The lowest BCUT2D eigenvalue weighted by Crippen LogP contribution is -2.31. The summed E-state index contributed by atoms with van der Waals surface area (Å²) >= 11 is 5.82. The Morgan fingerprint density at radius 1 is 1.30 bits per heavy atom. The van der Waals surface area contributed by atoms with E-state index in [0.717, 1.165) is 0 Å². The third kappa shape index (κ3) is 3.57. The monoisotopic (exact) mass is 359 g/mol. The van der Waals surface area contributed by atoms with Crippen molar-refractivity contribution in [2.45, 2.75) is 4.90 Å². The van der Waals surface area contributed by atoms with Gasteiger partial charge in [-0.25, -0.2) is 13.1 Å². The van der Waals surface area contributed by atoms with Crippen molar-refractivity contribution in [1.82, 2.24) is 14.5 Å². The Morgan fingerprint density at radius 3 is 2.61 bits per heavy atom. The SMILES string of the molecule is COc1ccc(Cl)cc1S(=O)(=O)NC(=O)c1cn(C)nc1OC. The Hall–Kier alpha value is -2.26. The van der Waals surface area contributed by atoms with E-state index in [1.807, 2.05) is 4.72 Å². The number of carbonyl (C=O) groups is 1. The second-order valence-electron chi connectivity index (χ2n) is 4.46. The van der Waals surface area contributed by atoms with Crippen LogP contribution in [0.15, 0.2) is 29.3 Å². The molecule has 0 saturated heterocycles. The van der Waals surface area contributed by atoms with Crippen LogP contribution in [0.3, 0.4) is 0 Å². The third-order valence-electron chi connectivity index (χ3n) is 2.88. The number of amides is 1. The molecule has 0 bridgehead atoms. The summed E-state index contributed by atoms with van der Waals surface area (Å²) in [5, 5.41) is 4.09. The number of rotatable bonds is 5. The maximum Gasteiger partial charge on any atom is 0.272 e. The number of hydrogen-bond acceptors (Lipinski definition) is 6. The van der Waals surface area contributed by atoms with Crippen LogP contribution < -0.4 is 14.2 Å². The first kappa shape index (κ1) is 17.1. The lowest BCUT2D eigenvalue weighted by atomic mass is 10.3. The number of aryl methyl sites for hydroxylation is 1. The van der Waals surface area contributed by atoms with E-state index in [2.05, 4.69) is 5.10 Å². The van der Waals surface area contributed by atoms with Crippen molar-refractivity contribution in [3.05, 3.63) is 35.0 Å². The Labute approximate surface area is 138 Å². The molecular formula is C13H14ClN3O5S. The molecule has 23 heavy (non-hydrogen) atoms. The van der Waals surface area contributed by atoms with E-state index in [9.17, 15) is 13.2 Å². The van der Waals surface area contributed by atoms with Crippen molar-refractivity contribution < 1.29 is 22.7 Å². The zero-order chi connectivity index (χ0) is 17.2. The zero-order valence-corrected chi connectivity index (χ0v) is 14.1. The van der Waals surface area contributed by atoms with Crippen molar-refractivity contribution in [3.63, 3.8) is 0 Å². The molecule has 0 radical (unpaired) electrons. The fourth-order valence-electron chi connectivity index (χ4n) is 1.87. The molecule has 1 N–H and O–H groups in total. The number of nitrogens with zero attached hydrogens (tertiary/aromatic N) is 2. The van der Waals surface area contributed by atoms with Crippen LogP contribution in [0.25, 0.3) is 0 Å². The van der Waals surface area contributed by atoms with Crippen LogP contribution >= 0.6 is 11.6 Å². The van der Waals surface area contributed by atoms with Gasteiger partial charge in [-0.3, -0.25) is 9.48 Å². The average Bonchev–Trinajstić information content (AvgIpc) is 2.88. The van der Waals surface area contributed by atoms with Gasteiger partial charge in [-0.1, -0.05) is 11.6 Å². The van der Waals surface area contributed by atoms with Gasteiger partial charge >= 0.3 is 0 Å². The predicted octanol–water partition coefficient (Wildman–Crippen LogP) is 1.21. The summed E-state index contributed by atoms with van der Waals surface area (Å²) in [4.78, 5) is 12.0. The van der Waals surface area contributed by atoms with E-state index in [1.165, 1.54) is 43.3 Å². The molecule has 1 aromatic heterocycles. The highest BCUT2D eigenvalue weighted by atomic mass is 35.5. The maximum absolute atomic E-state index is 12.4. The molecule has 1 heterocycles. The molecule has 0 spiro atoms. The van der Waals surface area contributed by atoms with Gasteiger partial charge in [0.25, 0.3) is 15.9 Å². The summed E-state index contributed by atoms with van der Waals surface area (Å²) < 4.78 is 38.0. The van der Waals surface area contributed by atoms with Crippen LogP contribution in [-0.2, 0) is 17.1 Å². The molecule has 8 nitrogen and oxygen atoms in total. The number of ether oxygens (including phenoxy) is 2. The maximum atomic E-state index is 12.4. The highest BCUT2D eigenvalue weighted by Gasteiger charge is 2.26. The summed E-state index contributed by atoms with van der Waals surface area (Å²) in [6, 6.07) is 4.06. The fraction of sp³-hybridized carbons (Fsp3) is 0.231. The topological polar surface area (TPSA) is 99.5 Å². The lowest BCUT2D eigenvalue weighted by molar-refractivity contribution is 0.0978. The minimum atomic E-state index is -4.19. The van der Waals surface area contributed by atoms with Gasteiger partial charge in [0.2, 0.25) is 5.88 Å². The van der Waals surface area contributed by atoms with Crippen molar-refractivity contribution in [2.75, 3.05) is 14.2 Å². The Morgan fingerprint density at radius 2 is 2.00 bits per heavy atom. The number of benzene rings is 1. The van der Waals surface area contributed by atoms with Crippen LogP contribution in [0.4, 0.5) is 0 Å². The first-order valence-corrected chi connectivity index (χ1v) is 8.13. The summed E-state index contributed by atoms with van der Waals surface area (Å²) in [6.07, 6.45) is 1.35. The highest BCUT2D eigenvalue weighted by molar-refractivity contribution is 7.90. The number of methoxy groups -OCH3 is 2. The van der Waals surface area contributed by atoms with Crippen LogP contribution in [0, 0.1) is 0 Å². The van der Waals surface area contributed by atoms with Gasteiger partial charge < -0.3 is 9.47 Å². The number of halogens is 1. The van der Waals surface area contributed by atoms with E-state index < -0.39 is 15.9 Å². The Balaban J connectivity index is 2.38. The molecule has 0 aliphatic carbocycles. The van der Waals surface area contributed by atoms with Gasteiger partial charge in [-0.05, 0) is 18.2 Å². The predicted molar refractivity (Wildman–Crippen MR) is 82.4 cm³/mol. The van der Waals surface area contributed by atoms with E-state index in [0.29, 0.717) is 0 Å². The van der Waals surface area contributed by atoms with Gasteiger partial charge in [0.1, 0.15) is 16.2 Å². The largest absolute Gasteiger partial charge is 0.495 e. The van der Waals surface area contributed by atoms with Crippen LogP contribution in [-0.4, -0.2) is 38.3 Å². The van der Waals surface area contributed by atoms with E-state index >= 15 is 0 Å². The van der Waals surface area contributed by atoms with E-state index in [1.54, 1.807) is 7.05 Å². The normalized spacial score (nSPS) is 11.1. The molecule has 0 aliphatic rings. The number of aromatic nitrogens is 2. The average molecular weight is 360 g/mol. The van der Waals surface area contributed by atoms with Crippen molar-refractivity contribution in [2.24, 2.45) is 7.05 Å². The molecule has 2 rings (SSSR count). The summed E-state index contributed by atoms with van der Waals surface area (Å²) in [6.45, 7) is 0. The minimum absolute atomic E-state index is 0.0123. The van der Waals surface area contributed by atoms with E-state index in [4.69, 9.17) is 21.1 Å². The van der Waals surface area contributed by atoms with Crippen molar-refractivity contribution >= 4 is 27.5 Å². The number of carbonyl (C=O) groups excluding carboxylic acids is 1. The third-order valence-corrected chi connectivity index (χ3v) is 4.46. The van der Waals surface area contributed by atoms with Crippen LogP contribution in [0.1, 0.15) is 10.4 Å². The summed E-state index contributed by atoms with van der Waals surface area (Å²) in [7, 11) is 0.0277. The summed E-state index contributed by atoms with van der Waals surface area (Å²) in [5.74, 6) is -0.803. The zero-order valence-electron chi connectivity index (χ0n) is 12.5. The second kappa shape index (κ2) is 6.47. The molecule has 0 fully saturated rings. The Bertz CT molecular complexity index is 847. The minimum Gasteiger partial charge on any atom is -0.495 e. The van der Waals surface area contributed by atoms with Gasteiger partial charge in [0.05, 0.1) is 14.2 Å². The van der Waals surface area contributed by atoms with Gasteiger partial charge in [0, 0.05) is 18.3 Å². The molecule has 0 unspecified atom stereocenters. The molecule has 2 aromatic rings. The van der Waals surface area contributed by atoms with Crippen molar-refractivity contribution in [3.8, 4) is 11.6 Å². The van der Waals surface area contributed by atoms with Gasteiger partial charge in [-0.2, -0.15) is 0 Å². The molecule has 0 atom stereocenters. The lowest BCUT2D eigenvalue weighted by Gasteiger charge is -2.10. The standard InChI is InChI=1S/C13H14ClN3O5S/c1-17-7-9(13(15-17)22-3)12(18)16-23(19,20)11-6-8(14)4-5-10(11)21-2/h4-7H,1-3H3,(H,16,18). The molecule has 124 valence electrons. The quantitative estimate of drug-likeness (QED) is 0.861. The van der Waals surface area contributed by atoms with Crippen LogP contribution in [0.2, 0.25) is 5.02 Å². The number of hydrogen-bond donors (Lipinski definition) is 1. The molecule has 0 saturated carbocycles. The highest BCUT2D eigenvalue weighted by Crippen LogP contribution is 2.27. The van der Waals surface area contributed by atoms with Crippen molar-refractivity contribution in [1.29, 1.82) is 0 Å². The van der Waals surface area contributed by atoms with Gasteiger partial charge in [-0.15, -0.1) is 5.10 Å². The molecule has 1 amide bonds. The first-order valence-electron chi connectivity index (χ1n) is 6.27. The molecule has 1 aromatic carbocycles. The smallest absolute Gasteiger partial charge is 0.272 e. The number of nitrogens with one attached hydrogen (secondary N) is 1. The van der Waals surface area contributed by atoms with Gasteiger partial charge in [0.15, 0.2) is 0 Å². The van der Waals surface area contributed by atoms with Crippen LogP contribution in [0.5, 0.6) is 11.6 Å². The first-order chi connectivity index (χ1) is 10.8. The van der Waals surface area contributed by atoms with E-state index in [-0.39, 0.29) is 27.1 Å². The fourth-order valence-corrected chi connectivity index (χ4v) is 3.27. The second-order valence-corrected chi connectivity index (χ2v) is 6.54. The Kier molecular flexibility index (Phi) is 4.81. The summed E-state index contributed by atoms with van der Waals surface area (Å²) in [5.41, 5.74) is -0.0143. The molecule has 10 heteroatoms. The number of sulfonamides is 1.